The maximum absolute atomic E-state index is 13.0. The van der Waals surface area contributed by atoms with Crippen LogP contribution in [0.3, 0.4) is 0 Å². The Labute approximate surface area is 191 Å². The molecule has 0 spiro atoms. The Morgan fingerprint density at radius 2 is 1.79 bits per heavy atom. The molecule has 0 bridgehead atoms. The summed E-state index contributed by atoms with van der Waals surface area (Å²) in [5, 5.41) is 0. The van der Waals surface area contributed by atoms with Crippen LogP contribution in [0.4, 0.5) is 8.78 Å². The molecule has 1 aromatic heterocycles. The van der Waals surface area contributed by atoms with E-state index in [1.165, 1.54) is 24.1 Å². The molecule has 0 saturated carbocycles. The van der Waals surface area contributed by atoms with Gasteiger partial charge in [0, 0.05) is 37.1 Å². The minimum atomic E-state index is -2.97. The third-order valence-electron chi connectivity index (χ3n) is 5.02. The minimum absolute atomic E-state index is 0.0762. The Morgan fingerprint density at radius 1 is 1.06 bits per heavy atom. The van der Waals surface area contributed by atoms with Crippen molar-refractivity contribution in [3.63, 3.8) is 0 Å². The monoisotopic (exact) mass is 456 g/mol. The van der Waals surface area contributed by atoms with Gasteiger partial charge in [0.2, 0.25) is 0 Å². The van der Waals surface area contributed by atoms with E-state index < -0.39 is 6.61 Å². The van der Waals surface area contributed by atoms with Crippen LogP contribution < -0.4 is 14.2 Å². The average Bonchev–Trinajstić information content (AvgIpc) is 2.78. The molecule has 0 aliphatic rings. The van der Waals surface area contributed by atoms with E-state index in [0.717, 1.165) is 22.4 Å². The van der Waals surface area contributed by atoms with Crippen molar-refractivity contribution in [2.75, 3.05) is 14.2 Å². The van der Waals surface area contributed by atoms with E-state index in [1.54, 1.807) is 37.6 Å². The third kappa shape index (κ3) is 6.19. The number of halogens is 2. The molecule has 3 rings (SSSR count). The molecule has 0 aliphatic heterocycles. The van der Waals surface area contributed by atoms with Crippen LogP contribution in [-0.2, 0) is 13.2 Å². The molecule has 6 nitrogen and oxygen atoms in total. The molecule has 0 aliphatic carbocycles. The van der Waals surface area contributed by atoms with Gasteiger partial charge in [-0.3, -0.25) is 9.78 Å². The van der Waals surface area contributed by atoms with Crippen LogP contribution in [0, 0.1) is 13.8 Å². The Hall–Kier alpha value is -3.68. The number of benzene rings is 2. The fourth-order valence-electron chi connectivity index (χ4n) is 3.51. The van der Waals surface area contributed by atoms with Crippen molar-refractivity contribution in [3.05, 3.63) is 82.7 Å². The van der Waals surface area contributed by atoms with Crippen molar-refractivity contribution in [1.82, 2.24) is 9.88 Å². The lowest BCUT2D eigenvalue weighted by Crippen LogP contribution is -2.26. The van der Waals surface area contributed by atoms with Gasteiger partial charge in [-0.25, -0.2) is 0 Å². The van der Waals surface area contributed by atoms with Gasteiger partial charge in [0.25, 0.3) is 5.91 Å². The first-order valence-electron chi connectivity index (χ1n) is 10.3. The van der Waals surface area contributed by atoms with Crippen molar-refractivity contribution >= 4 is 5.91 Å². The summed E-state index contributed by atoms with van der Waals surface area (Å²) < 4.78 is 40.9. The van der Waals surface area contributed by atoms with Crippen LogP contribution in [0.1, 0.15) is 32.6 Å². The number of aryl methyl sites for hydroxylation is 2. The van der Waals surface area contributed by atoms with Gasteiger partial charge in [0.1, 0.15) is 12.4 Å². The molecule has 1 heterocycles. The fourth-order valence-corrected chi connectivity index (χ4v) is 3.51. The lowest BCUT2D eigenvalue weighted by molar-refractivity contribution is -0.0512. The molecule has 0 unspecified atom stereocenters. The lowest BCUT2D eigenvalue weighted by Gasteiger charge is -2.20. The first-order valence-corrected chi connectivity index (χ1v) is 10.3. The van der Waals surface area contributed by atoms with Crippen molar-refractivity contribution in [1.29, 1.82) is 0 Å². The number of carbonyl (C=O) groups excluding carboxylic acids is 1. The maximum atomic E-state index is 13.0. The molecule has 0 N–H and O–H groups in total. The Morgan fingerprint density at radius 3 is 2.39 bits per heavy atom. The number of hydrogen-bond donors (Lipinski definition) is 0. The molecule has 1 amide bonds. The molecule has 0 atom stereocenters. The van der Waals surface area contributed by atoms with Gasteiger partial charge < -0.3 is 19.1 Å². The number of amides is 1. The topological polar surface area (TPSA) is 60.9 Å². The molecule has 0 radical (unpaired) electrons. The lowest BCUT2D eigenvalue weighted by atomic mass is 10.0. The number of carbonyl (C=O) groups is 1. The van der Waals surface area contributed by atoms with E-state index in [1.807, 2.05) is 26.0 Å². The summed E-state index contributed by atoms with van der Waals surface area (Å²) in [6, 6.07) is 12.0. The predicted octanol–water partition coefficient (Wildman–Crippen LogP) is 5.16. The highest BCUT2D eigenvalue weighted by atomic mass is 19.3. The zero-order valence-corrected chi connectivity index (χ0v) is 19.0. The van der Waals surface area contributed by atoms with Crippen molar-refractivity contribution in [2.45, 2.75) is 33.6 Å². The van der Waals surface area contributed by atoms with Crippen LogP contribution in [-0.4, -0.2) is 36.6 Å². The number of alkyl halides is 2. The SMILES string of the molecule is COc1ccc(CN(C)C(=O)c2cc(C)c(OCc3cccnc3)c(C)c2)cc1OC(F)F. The molecule has 33 heavy (non-hydrogen) atoms. The standard InChI is InChI=1S/C25H26F2N2O4/c1-16-10-20(11-17(2)23(16)32-15-19-6-5-9-28-13-19)24(30)29(3)14-18-7-8-21(31-4)22(12-18)33-25(26)27/h5-13,25H,14-15H2,1-4H3. The van der Waals surface area contributed by atoms with Crippen molar-refractivity contribution < 1.29 is 27.8 Å². The van der Waals surface area contributed by atoms with E-state index in [9.17, 15) is 13.6 Å². The van der Waals surface area contributed by atoms with Crippen LogP contribution in [0.25, 0.3) is 0 Å². The van der Waals surface area contributed by atoms with Crippen LogP contribution >= 0.6 is 0 Å². The average molecular weight is 456 g/mol. The predicted molar refractivity (Wildman–Crippen MR) is 120 cm³/mol. The summed E-state index contributed by atoms with van der Waals surface area (Å²) >= 11 is 0. The van der Waals surface area contributed by atoms with Crippen molar-refractivity contribution in [2.24, 2.45) is 0 Å². The molecule has 2 aromatic carbocycles. The number of hydrogen-bond acceptors (Lipinski definition) is 5. The molecule has 3 aromatic rings. The molecule has 174 valence electrons. The van der Waals surface area contributed by atoms with Gasteiger partial charge in [-0.2, -0.15) is 8.78 Å². The smallest absolute Gasteiger partial charge is 0.387 e. The molecular formula is C25H26F2N2O4. The largest absolute Gasteiger partial charge is 0.493 e. The summed E-state index contributed by atoms with van der Waals surface area (Å²) in [4.78, 5) is 18.6. The summed E-state index contributed by atoms with van der Waals surface area (Å²) in [5.74, 6) is 0.642. The minimum Gasteiger partial charge on any atom is -0.493 e. The van der Waals surface area contributed by atoms with E-state index in [0.29, 0.717) is 17.7 Å². The quantitative estimate of drug-likeness (QED) is 0.445. The number of ether oxygens (including phenoxy) is 3. The van der Waals surface area contributed by atoms with Gasteiger partial charge in [-0.1, -0.05) is 12.1 Å². The zero-order valence-electron chi connectivity index (χ0n) is 19.0. The fraction of sp³-hybridized carbons (Fsp3) is 0.280. The molecule has 8 heteroatoms. The van der Waals surface area contributed by atoms with Gasteiger partial charge in [0.15, 0.2) is 11.5 Å². The van der Waals surface area contributed by atoms with Crippen LogP contribution in [0.5, 0.6) is 17.2 Å². The Kier molecular flexibility index (Phi) is 7.82. The molecule has 0 saturated heterocycles. The number of rotatable bonds is 9. The maximum Gasteiger partial charge on any atom is 0.387 e. The molecular weight excluding hydrogens is 430 g/mol. The first kappa shape index (κ1) is 24.0. The number of methoxy groups -OCH3 is 1. The molecule has 0 fully saturated rings. The third-order valence-corrected chi connectivity index (χ3v) is 5.02. The van der Waals surface area contributed by atoms with E-state index in [2.05, 4.69) is 9.72 Å². The van der Waals surface area contributed by atoms with E-state index >= 15 is 0 Å². The van der Waals surface area contributed by atoms with Gasteiger partial charge in [-0.05, 0) is 60.9 Å². The zero-order chi connectivity index (χ0) is 24.0. The summed E-state index contributed by atoms with van der Waals surface area (Å²) in [7, 11) is 3.02. The second-order valence-electron chi connectivity index (χ2n) is 7.61. The summed E-state index contributed by atoms with van der Waals surface area (Å²) in [6.45, 7) is 1.39. The van der Waals surface area contributed by atoms with E-state index in [-0.39, 0.29) is 24.0 Å². The van der Waals surface area contributed by atoms with Crippen LogP contribution in [0.15, 0.2) is 54.9 Å². The Balaban J connectivity index is 1.72. The Bertz CT molecular complexity index is 1080. The number of pyridine rings is 1. The summed E-state index contributed by atoms with van der Waals surface area (Å²) in [6.07, 6.45) is 3.45. The second-order valence-corrected chi connectivity index (χ2v) is 7.61. The highest BCUT2D eigenvalue weighted by Gasteiger charge is 2.17. The normalized spacial score (nSPS) is 10.8. The number of nitrogens with zero attached hydrogens (tertiary/aromatic N) is 2. The van der Waals surface area contributed by atoms with Crippen molar-refractivity contribution in [3.8, 4) is 17.2 Å². The highest BCUT2D eigenvalue weighted by Crippen LogP contribution is 2.30. The number of aromatic nitrogens is 1. The first-order chi connectivity index (χ1) is 15.8. The van der Waals surface area contributed by atoms with Gasteiger partial charge in [0.05, 0.1) is 7.11 Å². The second kappa shape index (κ2) is 10.8. The highest BCUT2D eigenvalue weighted by molar-refractivity contribution is 5.94. The van der Waals surface area contributed by atoms with E-state index in [4.69, 9.17) is 9.47 Å². The van der Waals surface area contributed by atoms with Crippen LogP contribution in [0.2, 0.25) is 0 Å². The van der Waals surface area contributed by atoms with Gasteiger partial charge >= 0.3 is 6.61 Å². The van der Waals surface area contributed by atoms with Gasteiger partial charge in [-0.15, -0.1) is 0 Å². The summed E-state index contributed by atoms with van der Waals surface area (Å²) in [5.41, 5.74) is 3.78.